The van der Waals surface area contributed by atoms with Gasteiger partial charge in [0.1, 0.15) is 18.2 Å². The molecule has 0 saturated carbocycles. The Bertz CT molecular complexity index is 1120. The topological polar surface area (TPSA) is 93.1 Å². The first kappa shape index (κ1) is 21.3. The van der Waals surface area contributed by atoms with Crippen LogP contribution in [0.15, 0.2) is 36.4 Å². The van der Waals surface area contributed by atoms with Gasteiger partial charge in [-0.25, -0.2) is 9.37 Å². The molecule has 1 aromatic heterocycles. The molecule has 4 rings (SSSR count). The molecule has 3 N–H and O–H groups in total. The first-order valence-corrected chi connectivity index (χ1v) is 10.2. The number of hydrogen-bond acceptors (Lipinski definition) is 6. The molecule has 0 radical (unpaired) electrons. The highest BCUT2D eigenvalue weighted by atomic mass is 19.1. The molecule has 3 aromatic rings. The highest BCUT2D eigenvalue weighted by Gasteiger charge is 2.37. The minimum absolute atomic E-state index is 0.0960. The Labute approximate surface area is 180 Å². The van der Waals surface area contributed by atoms with Gasteiger partial charge in [-0.05, 0) is 44.5 Å². The molecule has 1 unspecified atom stereocenters. The van der Waals surface area contributed by atoms with Gasteiger partial charge in [-0.2, -0.15) is 4.98 Å². The van der Waals surface area contributed by atoms with Gasteiger partial charge in [-0.3, -0.25) is 9.96 Å². The van der Waals surface area contributed by atoms with E-state index in [0.29, 0.717) is 29.3 Å². The molecule has 1 aliphatic rings. The number of para-hydroxylation sites is 1. The summed E-state index contributed by atoms with van der Waals surface area (Å²) in [6.45, 7) is 6.38. The van der Waals surface area contributed by atoms with Crippen LogP contribution in [0, 0.1) is 31.8 Å². The van der Waals surface area contributed by atoms with Gasteiger partial charge in [0.2, 0.25) is 11.8 Å². The normalized spacial score (nSPS) is 18.0. The quantitative estimate of drug-likeness (QED) is 0.427. The summed E-state index contributed by atoms with van der Waals surface area (Å²) in [5.74, 6) is 0.286. The molecule has 1 aliphatic heterocycles. The van der Waals surface area contributed by atoms with Crippen LogP contribution in [-0.4, -0.2) is 34.9 Å². The summed E-state index contributed by atoms with van der Waals surface area (Å²) in [4.78, 5) is 9.25. The van der Waals surface area contributed by atoms with Gasteiger partial charge >= 0.3 is 0 Å². The first-order chi connectivity index (χ1) is 14.8. The van der Waals surface area contributed by atoms with Crippen LogP contribution in [0.4, 0.5) is 21.8 Å². The first-order valence-electron chi connectivity index (χ1n) is 10.2. The highest BCUT2D eigenvalue weighted by Crippen LogP contribution is 2.43. The van der Waals surface area contributed by atoms with Crippen molar-refractivity contribution in [1.29, 1.82) is 0 Å². The molecule has 0 spiro atoms. The van der Waals surface area contributed by atoms with Gasteiger partial charge < -0.3 is 15.6 Å². The van der Waals surface area contributed by atoms with E-state index in [4.69, 9.17) is 0 Å². The zero-order valence-electron chi connectivity index (χ0n) is 17.9. The molecule has 2 heterocycles. The monoisotopic (exact) mass is 423 g/mol. The molecule has 162 valence electrons. The molecule has 0 aliphatic carbocycles. The van der Waals surface area contributed by atoms with Crippen molar-refractivity contribution in [3.63, 3.8) is 0 Å². The Morgan fingerprint density at radius 1 is 1.13 bits per heavy atom. The highest BCUT2D eigenvalue weighted by molar-refractivity contribution is 5.76. The third-order valence-electron chi connectivity index (χ3n) is 5.60. The van der Waals surface area contributed by atoms with Crippen molar-refractivity contribution in [2.75, 3.05) is 25.1 Å². The number of anilines is 1. The number of nitrogens with zero attached hydrogens (tertiary/aromatic N) is 3. The van der Waals surface area contributed by atoms with E-state index in [9.17, 15) is 14.7 Å². The number of fused-ring (bicyclic) bond motifs is 1. The van der Waals surface area contributed by atoms with E-state index in [1.165, 1.54) is 12.1 Å². The molecular weight excluding hydrogens is 397 g/mol. The van der Waals surface area contributed by atoms with E-state index >= 15 is 0 Å². The number of halogens is 1. The lowest BCUT2D eigenvalue weighted by atomic mass is 9.99. The SMILES string of the molecule is Cc1cc(F)ccc1-c1nc(NCCO)nc2c1CNC[N+]2([O-])c1c(C)cccc1C. The second kappa shape index (κ2) is 8.32. The van der Waals surface area contributed by atoms with Crippen LogP contribution >= 0.6 is 0 Å². The van der Waals surface area contributed by atoms with Crippen molar-refractivity contribution in [1.82, 2.24) is 19.9 Å². The Hall–Kier alpha value is -2.91. The van der Waals surface area contributed by atoms with Gasteiger partial charge in [0, 0.05) is 29.8 Å². The maximum atomic E-state index is 14.4. The standard InChI is InChI=1S/C23H26FN5O2/c1-14-5-4-6-15(2)21(14)29(31)13-25-12-19-20(18-8-7-17(24)11-16(18)3)27-23(26-9-10-30)28-22(19)29/h4-8,11,25,30H,9-10,12-13H2,1-3H3,(H,26,27,28). The Balaban J connectivity index is 1.99. The number of rotatable bonds is 5. The lowest BCUT2D eigenvalue weighted by Gasteiger charge is -2.45. The van der Waals surface area contributed by atoms with Gasteiger partial charge in [0.15, 0.2) is 0 Å². The van der Waals surface area contributed by atoms with Crippen molar-refractivity contribution < 1.29 is 9.50 Å². The van der Waals surface area contributed by atoms with Crippen molar-refractivity contribution in [2.24, 2.45) is 0 Å². The summed E-state index contributed by atoms with van der Waals surface area (Å²) in [5, 5.41) is 29.9. The number of quaternary nitrogens is 1. The largest absolute Gasteiger partial charge is 0.620 e. The van der Waals surface area contributed by atoms with Crippen molar-refractivity contribution >= 4 is 17.5 Å². The van der Waals surface area contributed by atoms with E-state index in [0.717, 1.165) is 22.3 Å². The van der Waals surface area contributed by atoms with Crippen molar-refractivity contribution in [3.8, 4) is 11.3 Å². The zero-order valence-corrected chi connectivity index (χ0v) is 17.9. The molecule has 0 saturated heterocycles. The molecular formula is C23H26FN5O2. The van der Waals surface area contributed by atoms with Crippen LogP contribution in [0.3, 0.4) is 0 Å². The lowest BCUT2D eigenvalue weighted by Crippen LogP contribution is -2.50. The van der Waals surface area contributed by atoms with Crippen LogP contribution in [0.5, 0.6) is 0 Å². The molecule has 0 amide bonds. The van der Waals surface area contributed by atoms with Crippen LogP contribution in [0.25, 0.3) is 11.3 Å². The molecule has 0 fully saturated rings. The van der Waals surface area contributed by atoms with Gasteiger partial charge in [0.25, 0.3) is 0 Å². The molecule has 1 atom stereocenters. The van der Waals surface area contributed by atoms with Crippen molar-refractivity contribution in [2.45, 2.75) is 27.3 Å². The maximum Gasteiger partial charge on any atom is 0.243 e. The predicted octanol–water partition coefficient (Wildman–Crippen LogP) is 3.81. The number of nitrogens with one attached hydrogen (secondary N) is 2. The zero-order chi connectivity index (χ0) is 22.2. The number of aryl methyl sites for hydroxylation is 3. The summed E-state index contributed by atoms with van der Waals surface area (Å²) in [6, 6.07) is 10.3. The third-order valence-corrected chi connectivity index (χ3v) is 5.60. The lowest BCUT2D eigenvalue weighted by molar-refractivity contribution is 0.310. The Morgan fingerprint density at radius 3 is 2.55 bits per heavy atom. The number of aliphatic hydroxyl groups excluding tert-OH is 1. The fraction of sp³-hybridized carbons (Fsp3) is 0.304. The van der Waals surface area contributed by atoms with E-state index in [1.54, 1.807) is 6.07 Å². The van der Waals surface area contributed by atoms with Crippen LogP contribution in [0.1, 0.15) is 22.3 Å². The van der Waals surface area contributed by atoms with Crippen LogP contribution in [-0.2, 0) is 6.54 Å². The Morgan fingerprint density at radius 2 is 1.87 bits per heavy atom. The Kier molecular flexibility index (Phi) is 5.72. The molecule has 31 heavy (non-hydrogen) atoms. The molecule has 7 nitrogen and oxygen atoms in total. The second-order valence-corrected chi connectivity index (χ2v) is 7.87. The summed E-state index contributed by atoms with van der Waals surface area (Å²) >= 11 is 0. The minimum Gasteiger partial charge on any atom is -0.620 e. The minimum atomic E-state index is -0.766. The smallest absolute Gasteiger partial charge is 0.243 e. The average Bonchev–Trinajstić information content (AvgIpc) is 2.72. The number of aliphatic hydroxyl groups is 1. The van der Waals surface area contributed by atoms with E-state index < -0.39 is 4.65 Å². The van der Waals surface area contributed by atoms with E-state index in [2.05, 4.69) is 20.6 Å². The van der Waals surface area contributed by atoms with Crippen molar-refractivity contribution in [3.05, 3.63) is 69.7 Å². The number of hydroxylamine groups is 1. The van der Waals surface area contributed by atoms with Gasteiger partial charge in [-0.1, -0.05) is 18.2 Å². The summed E-state index contributed by atoms with van der Waals surface area (Å²) in [6.07, 6.45) is 0. The summed E-state index contributed by atoms with van der Waals surface area (Å²) < 4.78 is 13.0. The van der Waals surface area contributed by atoms with Gasteiger partial charge in [0.05, 0.1) is 17.9 Å². The molecule has 2 aromatic carbocycles. The van der Waals surface area contributed by atoms with Crippen LogP contribution in [0.2, 0.25) is 0 Å². The fourth-order valence-corrected chi connectivity index (χ4v) is 4.27. The maximum absolute atomic E-state index is 14.4. The average molecular weight is 423 g/mol. The number of aromatic nitrogens is 2. The van der Waals surface area contributed by atoms with Gasteiger partial charge in [-0.15, -0.1) is 0 Å². The number of hydrogen-bond donors (Lipinski definition) is 3. The molecule has 8 heteroatoms. The second-order valence-electron chi connectivity index (χ2n) is 7.87. The van der Waals surface area contributed by atoms with E-state index in [-0.39, 0.29) is 31.6 Å². The summed E-state index contributed by atoms with van der Waals surface area (Å²) in [5.41, 5.74) is 5.14. The van der Waals surface area contributed by atoms with Crippen LogP contribution < -0.4 is 15.3 Å². The third kappa shape index (κ3) is 3.79. The number of benzene rings is 2. The fourth-order valence-electron chi connectivity index (χ4n) is 4.27. The van der Waals surface area contributed by atoms with E-state index in [1.807, 2.05) is 39.0 Å². The predicted molar refractivity (Wildman–Crippen MR) is 120 cm³/mol. The summed E-state index contributed by atoms with van der Waals surface area (Å²) in [7, 11) is 0. The molecule has 0 bridgehead atoms.